The van der Waals surface area contributed by atoms with E-state index in [-0.39, 0.29) is 31.4 Å². The van der Waals surface area contributed by atoms with Crippen molar-refractivity contribution in [2.24, 2.45) is 0 Å². The molecule has 0 radical (unpaired) electrons. The molecule has 0 fully saturated rings. The molecule has 1 atom stereocenters. The molecular formula is C27H24N2O4. The summed E-state index contributed by atoms with van der Waals surface area (Å²) in [5.41, 5.74) is 6.44. The maximum atomic E-state index is 12.6. The van der Waals surface area contributed by atoms with Crippen molar-refractivity contribution >= 4 is 23.0 Å². The van der Waals surface area contributed by atoms with Crippen LogP contribution in [0.4, 0.5) is 4.79 Å². The lowest BCUT2D eigenvalue weighted by Crippen LogP contribution is -2.31. The van der Waals surface area contributed by atoms with Crippen molar-refractivity contribution < 1.29 is 19.4 Å². The van der Waals surface area contributed by atoms with E-state index in [1.54, 1.807) is 0 Å². The maximum absolute atomic E-state index is 12.6. The highest BCUT2D eigenvalue weighted by Gasteiger charge is 2.29. The first-order valence-electron chi connectivity index (χ1n) is 11.0. The van der Waals surface area contributed by atoms with Gasteiger partial charge in [-0.25, -0.2) is 4.79 Å². The Morgan fingerprint density at radius 2 is 1.58 bits per heavy atom. The van der Waals surface area contributed by atoms with Crippen LogP contribution in [0.5, 0.6) is 0 Å². The van der Waals surface area contributed by atoms with Gasteiger partial charge < -0.3 is 20.1 Å². The van der Waals surface area contributed by atoms with E-state index in [0.29, 0.717) is 0 Å². The predicted molar refractivity (Wildman–Crippen MR) is 126 cm³/mol. The van der Waals surface area contributed by atoms with Crippen LogP contribution in [0.2, 0.25) is 0 Å². The van der Waals surface area contributed by atoms with Gasteiger partial charge in [0.05, 0.1) is 6.42 Å². The molecule has 6 nitrogen and oxygen atoms in total. The Labute approximate surface area is 191 Å². The van der Waals surface area contributed by atoms with Crippen LogP contribution in [0.25, 0.3) is 22.0 Å². The van der Waals surface area contributed by atoms with Crippen LogP contribution in [-0.2, 0) is 9.53 Å². The zero-order valence-corrected chi connectivity index (χ0v) is 18.0. The summed E-state index contributed by atoms with van der Waals surface area (Å²) in [5.74, 6) is -1.31. The van der Waals surface area contributed by atoms with Crippen LogP contribution in [0.1, 0.15) is 34.9 Å². The number of ether oxygens (including phenoxy) is 1. The lowest BCUT2D eigenvalue weighted by molar-refractivity contribution is -0.137. The van der Waals surface area contributed by atoms with Gasteiger partial charge in [0.15, 0.2) is 0 Å². The quantitative estimate of drug-likeness (QED) is 0.365. The monoisotopic (exact) mass is 440 g/mol. The van der Waals surface area contributed by atoms with Gasteiger partial charge in [0, 0.05) is 35.5 Å². The number of rotatable bonds is 7. The molecule has 5 rings (SSSR count). The Morgan fingerprint density at radius 3 is 2.27 bits per heavy atom. The van der Waals surface area contributed by atoms with Gasteiger partial charge in [-0.3, -0.25) is 4.79 Å². The molecule has 1 aliphatic rings. The van der Waals surface area contributed by atoms with Gasteiger partial charge >= 0.3 is 12.1 Å². The number of carbonyl (C=O) groups excluding carboxylic acids is 1. The van der Waals surface area contributed by atoms with Crippen LogP contribution in [0.3, 0.4) is 0 Å². The number of fused-ring (bicyclic) bond motifs is 4. The van der Waals surface area contributed by atoms with Crippen LogP contribution in [-0.4, -0.2) is 35.3 Å². The molecule has 3 N–H and O–H groups in total. The third-order valence-electron chi connectivity index (χ3n) is 6.32. The van der Waals surface area contributed by atoms with E-state index in [1.165, 1.54) is 11.1 Å². The van der Waals surface area contributed by atoms with Gasteiger partial charge in [-0.15, -0.1) is 0 Å². The number of H-pyrrole nitrogens is 1. The molecule has 166 valence electrons. The SMILES string of the molecule is O=C(O)CC(CNC(=O)OCC1c2ccccc2-c2ccccc21)c1c[nH]c2ccccc12. The van der Waals surface area contributed by atoms with Crippen LogP contribution >= 0.6 is 0 Å². The number of amides is 1. The minimum absolute atomic E-state index is 0.0217. The Morgan fingerprint density at radius 1 is 0.939 bits per heavy atom. The zero-order chi connectivity index (χ0) is 22.8. The topological polar surface area (TPSA) is 91.4 Å². The number of carboxylic acid groups (broad SMARTS) is 1. The fraction of sp³-hybridized carbons (Fsp3) is 0.185. The number of aliphatic carboxylic acids is 1. The highest BCUT2D eigenvalue weighted by atomic mass is 16.5. The van der Waals surface area contributed by atoms with Gasteiger partial charge in [0.25, 0.3) is 0 Å². The Hall–Kier alpha value is -4.06. The number of hydrogen-bond acceptors (Lipinski definition) is 3. The highest BCUT2D eigenvalue weighted by Crippen LogP contribution is 2.44. The zero-order valence-electron chi connectivity index (χ0n) is 18.0. The summed E-state index contributed by atoms with van der Waals surface area (Å²) in [6.07, 6.45) is 1.18. The molecule has 1 heterocycles. The summed E-state index contributed by atoms with van der Waals surface area (Å²) >= 11 is 0. The minimum atomic E-state index is -0.917. The molecule has 0 saturated carbocycles. The number of para-hydroxylation sites is 1. The first-order chi connectivity index (χ1) is 16.1. The molecule has 1 unspecified atom stereocenters. The van der Waals surface area contributed by atoms with Crippen LogP contribution < -0.4 is 5.32 Å². The van der Waals surface area contributed by atoms with Crippen molar-refractivity contribution in [2.75, 3.05) is 13.2 Å². The average Bonchev–Trinajstić information content (AvgIpc) is 3.40. The van der Waals surface area contributed by atoms with Crippen LogP contribution in [0, 0.1) is 0 Å². The van der Waals surface area contributed by atoms with E-state index in [9.17, 15) is 14.7 Å². The first-order valence-corrected chi connectivity index (χ1v) is 11.0. The molecule has 4 aromatic rings. The number of aromatic nitrogens is 1. The number of hydrogen-bond donors (Lipinski definition) is 3. The molecule has 0 saturated heterocycles. The van der Waals surface area contributed by atoms with Gasteiger partial charge in [-0.1, -0.05) is 66.7 Å². The summed E-state index contributed by atoms with van der Waals surface area (Å²) < 4.78 is 5.59. The predicted octanol–water partition coefficient (Wildman–Crippen LogP) is 5.26. The second-order valence-corrected chi connectivity index (χ2v) is 8.29. The molecule has 6 heteroatoms. The molecule has 33 heavy (non-hydrogen) atoms. The number of nitrogens with one attached hydrogen (secondary N) is 2. The molecule has 0 aliphatic heterocycles. The summed E-state index contributed by atoms with van der Waals surface area (Å²) in [6.45, 7) is 0.390. The summed E-state index contributed by atoms with van der Waals surface area (Å²) in [7, 11) is 0. The normalized spacial score (nSPS) is 13.3. The molecule has 0 bridgehead atoms. The van der Waals surface area contributed by atoms with Crippen molar-refractivity contribution in [3.05, 3.63) is 95.7 Å². The number of alkyl carbamates (subject to hydrolysis) is 1. The van der Waals surface area contributed by atoms with E-state index >= 15 is 0 Å². The van der Waals surface area contributed by atoms with Crippen molar-refractivity contribution in [3.63, 3.8) is 0 Å². The fourth-order valence-corrected chi connectivity index (χ4v) is 4.79. The van der Waals surface area contributed by atoms with E-state index in [2.05, 4.69) is 34.6 Å². The Kier molecular flexibility index (Phi) is 5.57. The van der Waals surface area contributed by atoms with E-state index in [0.717, 1.165) is 27.6 Å². The minimum Gasteiger partial charge on any atom is -0.481 e. The number of carbonyl (C=O) groups is 2. The second-order valence-electron chi connectivity index (χ2n) is 8.29. The standard InChI is InChI=1S/C27H24N2O4/c30-26(31)13-17(23-15-28-25-12-6-5-11-22(23)25)14-29-27(32)33-16-24-20-9-3-1-7-18(20)19-8-2-4-10-21(19)24/h1-12,15,17,24,28H,13-14,16H2,(H,29,32)(H,30,31). The van der Waals surface area contributed by atoms with Crippen molar-refractivity contribution in [3.8, 4) is 11.1 Å². The van der Waals surface area contributed by atoms with E-state index in [4.69, 9.17) is 4.74 Å². The largest absolute Gasteiger partial charge is 0.481 e. The summed E-state index contributed by atoms with van der Waals surface area (Å²) in [4.78, 5) is 27.2. The van der Waals surface area contributed by atoms with Crippen molar-refractivity contribution in [1.29, 1.82) is 0 Å². The van der Waals surface area contributed by atoms with Gasteiger partial charge in [0.2, 0.25) is 0 Å². The number of aromatic amines is 1. The third-order valence-corrected chi connectivity index (χ3v) is 6.32. The van der Waals surface area contributed by atoms with Crippen LogP contribution in [0.15, 0.2) is 79.0 Å². The number of carboxylic acids is 1. The molecule has 1 amide bonds. The van der Waals surface area contributed by atoms with E-state index in [1.807, 2.05) is 54.7 Å². The number of benzene rings is 3. The van der Waals surface area contributed by atoms with Gasteiger partial charge in [-0.2, -0.15) is 0 Å². The highest BCUT2D eigenvalue weighted by molar-refractivity contribution is 5.84. The molecule has 1 aromatic heterocycles. The summed E-state index contributed by atoms with van der Waals surface area (Å²) in [5, 5.41) is 13.1. The molecular weight excluding hydrogens is 416 g/mol. The lowest BCUT2D eigenvalue weighted by atomic mass is 9.95. The van der Waals surface area contributed by atoms with E-state index < -0.39 is 12.1 Å². The third kappa shape index (κ3) is 4.07. The second kappa shape index (κ2) is 8.82. The maximum Gasteiger partial charge on any atom is 0.407 e. The Balaban J connectivity index is 1.27. The average molecular weight is 440 g/mol. The fourth-order valence-electron chi connectivity index (χ4n) is 4.79. The van der Waals surface area contributed by atoms with Gasteiger partial charge in [0.1, 0.15) is 6.61 Å². The van der Waals surface area contributed by atoms with Crippen molar-refractivity contribution in [2.45, 2.75) is 18.3 Å². The van der Waals surface area contributed by atoms with Gasteiger partial charge in [-0.05, 0) is 33.9 Å². The first kappa shape index (κ1) is 20.8. The smallest absolute Gasteiger partial charge is 0.407 e. The summed E-state index contributed by atoms with van der Waals surface area (Å²) in [6, 6.07) is 24.1. The molecule has 1 aliphatic carbocycles. The molecule has 3 aromatic carbocycles. The van der Waals surface area contributed by atoms with Crippen molar-refractivity contribution in [1.82, 2.24) is 10.3 Å². The Bertz CT molecular complexity index is 1280. The molecule has 0 spiro atoms. The lowest BCUT2D eigenvalue weighted by Gasteiger charge is -2.17.